The van der Waals surface area contributed by atoms with Gasteiger partial charge in [0.1, 0.15) is 0 Å². The summed E-state index contributed by atoms with van der Waals surface area (Å²) in [6.07, 6.45) is 1.32. The van der Waals surface area contributed by atoms with Crippen molar-refractivity contribution in [2.45, 2.75) is 0 Å². The largest absolute Gasteiger partial charge is 0.351 e. The third-order valence-corrected chi connectivity index (χ3v) is 0.662. The number of nitrogens with zero attached hydrogens (tertiary/aromatic N) is 1. The molecule has 4 nitrogen and oxygen atoms in total. The molecule has 4 heteroatoms. The monoisotopic (exact) mass is 111 g/mol. The van der Waals surface area contributed by atoms with E-state index in [0.717, 1.165) is 0 Å². The number of carbonyl (C=O) groups is 1. The minimum absolute atomic E-state index is 0.0231. The summed E-state index contributed by atoms with van der Waals surface area (Å²) in [5.41, 5.74) is 6.46. The minimum atomic E-state index is -0.845. The topological polar surface area (TPSA) is 66.9 Å². The zero-order valence-corrected chi connectivity index (χ0v) is 3.92. The maximum Gasteiger partial charge on any atom is 0.308 e. The molecular weight excluding hydrogens is 108 g/mol. The highest BCUT2D eigenvalue weighted by Gasteiger charge is 2.02. The van der Waals surface area contributed by atoms with Gasteiger partial charge in [-0.25, -0.2) is 0 Å². The lowest BCUT2D eigenvalue weighted by molar-refractivity contribution is 0.0956. The summed E-state index contributed by atoms with van der Waals surface area (Å²) in [4.78, 5) is 10.0. The molecule has 1 rings (SSSR count). The molecule has 1 heterocycles. The Morgan fingerprint density at radius 1 is 1.88 bits per heavy atom. The van der Waals surface area contributed by atoms with Crippen LogP contribution in [0.4, 0.5) is 0 Å². The van der Waals surface area contributed by atoms with E-state index in [0.29, 0.717) is 0 Å². The van der Waals surface area contributed by atoms with Crippen LogP contribution in [0.1, 0.15) is 10.6 Å². The number of nitrogens with one attached hydrogen (secondary N) is 1. The molecule has 0 aliphatic rings. The number of hydrogen-bond donors (Lipinski definition) is 0. The highest BCUT2D eigenvalue weighted by molar-refractivity contribution is 5.88. The molecule has 0 saturated carbocycles. The second-order valence-electron chi connectivity index (χ2n) is 1.21. The number of carbonyl (C=O) groups excluding carboxylic acids is 1. The van der Waals surface area contributed by atoms with E-state index in [-0.39, 0.29) is 5.76 Å². The van der Waals surface area contributed by atoms with Gasteiger partial charge in [0.05, 0.1) is 6.20 Å². The Morgan fingerprint density at radius 3 is 2.88 bits per heavy atom. The Kier molecular flexibility index (Phi) is 0.997. The molecule has 1 amide bonds. The van der Waals surface area contributed by atoms with E-state index in [2.05, 4.69) is 9.68 Å². The Balaban J connectivity index is 2.93. The molecule has 0 aliphatic carbocycles. The third-order valence-electron chi connectivity index (χ3n) is 0.662. The SMILES string of the molecule is [NH]C(=O)c1ccno1. The van der Waals surface area contributed by atoms with Crippen LogP contribution in [0.3, 0.4) is 0 Å². The molecule has 0 bridgehead atoms. The molecule has 1 N–H and O–H groups in total. The van der Waals surface area contributed by atoms with Crippen LogP contribution in [0.2, 0.25) is 0 Å². The number of amides is 1. The molecule has 0 saturated heterocycles. The Labute approximate surface area is 45.3 Å². The molecule has 1 radical (unpaired) electrons. The number of rotatable bonds is 1. The zero-order valence-electron chi connectivity index (χ0n) is 3.92. The summed E-state index contributed by atoms with van der Waals surface area (Å²) < 4.78 is 4.31. The van der Waals surface area contributed by atoms with E-state index in [9.17, 15) is 4.79 Å². The van der Waals surface area contributed by atoms with Crippen molar-refractivity contribution in [1.82, 2.24) is 10.9 Å². The summed E-state index contributed by atoms with van der Waals surface area (Å²) >= 11 is 0. The van der Waals surface area contributed by atoms with Gasteiger partial charge in [-0.15, -0.1) is 0 Å². The fourth-order valence-corrected chi connectivity index (χ4v) is 0.333. The molecule has 0 fully saturated rings. The summed E-state index contributed by atoms with van der Waals surface area (Å²) in [5, 5.41) is 3.23. The Hall–Kier alpha value is -1.32. The van der Waals surface area contributed by atoms with Crippen molar-refractivity contribution in [3.63, 3.8) is 0 Å². The van der Waals surface area contributed by atoms with Crippen LogP contribution in [0, 0.1) is 0 Å². The first kappa shape index (κ1) is 4.83. The smallest absolute Gasteiger partial charge is 0.308 e. The molecule has 0 aliphatic heterocycles. The van der Waals surface area contributed by atoms with Gasteiger partial charge in [0.25, 0.3) is 0 Å². The van der Waals surface area contributed by atoms with Gasteiger partial charge < -0.3 is 4.52 Å². The highest BCUT2D eigenvalue weighted by Crippen LogP contribution is 1.92. The lowest BCUT2D eigenvalue weighted by atomic mass is 10.5. The Bertz CT molecular complexity index is 180. The minimum Gasteiger partial charge on any atom is -0.351 e. The van der Waals surface area contributed by atoms with Gasteiger partial charge in [-0.3, -0.25) is 10.5 Å². The second-order valence-corrected chi connectivity index (χ2v) is 1.21. The summed E-state index contributed by atoms with van der Waals surface area (Å²) in [6.45, 7) is 0. The molecule has 0 atom stereocenters. The average Bonchev–Trinajstić information content (AvgIpc) is 2.12. The molecule has 41 valence electrons. The van der Waals surface area contributed by atoms with Crippen molar-refractivity contribution in [3.8, 4) is 0 Å². The summed E-state index contributed by atoms with van der Waals surface area (Å²) in [5.74, 6) is -0.868. The van der Waals surface area contributed by atoms with Crippen LogP contribution in [0.15, 0.2) is 16.8 Å². The van der Waals surface area contributed by atoms with Gasteiger partial charge in [-0.1, -0.05) is 5.16 Å². The van der Waals surface area contributed by atoms with Crippen LogP contribution < -0.4 is 5.73 Å². The van der Waals surface area contributed by atoms with Crippen LogP contribution in [0.5, 0.6) is 0 Å². The average molecular weight is 111 g/mol. The molecule has 0 spiro atoms. The predicted molar refractivity (Wildman–Crippen MR) is 23.9 cm³/mol. The summed E-state index contributed by atoms with van der Waals surface area (Å²) in [6, 6.07) is 1.34. The maximum atomic E-state index is 10.0. The van der Waals surface area contributed by atoms with Gasteiger partial charge in [0.2, 0.25) is 5.76 Å². The van der Waals surface area contributed by atoms with Crippen molar-refractivity contribution in [1.29, 1.82) is 0 Å². The van der Waals surface area contributed by atoms with Gasteiger partial charge in [-0.2, -0.15) is 0 Å². The zero-order chi connectivity index (χ0) is 5.98. The van der Waals surface area contributed by atoms with Crippen molar-refractivity contribution in [2.75, 3.05) is 0 Å². The fraction of sp³-hybridized carbons (Fsp3) is 0. The van der Waals surface area contributed by atoms with Gasteiger partial charge >= 0.3 is 5.91 Å². The molecule has 8 heavy (non-hydrogen) atoms. The fourth-order valence-electron chi connectivity index (χ4n) is 0.333. The van der Waals surface area contributed by atoms with E-state index in [1.165, 1.54) is 12.3 Å². The normalized spacial score (nSPS) is 9.00. The van der Waals surface area contributed by atoms with Crippen LogP contribution in [-0.2, 0) is 0 Å². The Morgan fingerprint density at radius 2 is 2.62 bits per heavy atom. The highest BCUT2D eigenvalue weighted by atomic mass is 16.5. The van der Waals surface area contributed by atoms with Crippen LogP contribution in [0.25, 0.3) is 0 Å². The molecule has 0 unspecified atom stereocenters. The molecular formula is C4H3N2O2. The van der Waals surface area contributed by atoms with Gasteiger partial charge in [0.15, 0.2) is 0 Å². The third kappa shape index (κ3) is 0.676. The molecule has 1 aromatic rings. The van der Waals surface area contributed by atoms with Crippen molar-refractivity contribution < 1.29 is 9.32 Å². The lowest BCUT2D eigenvalue weighted by Gasteiger charge is -1.76. The second kappa shape index (κ2) is 1.65. The van der Waals surface area contributed by atoms with Crippen LogP contribution in [-0.4, -0.2) is 11.1 Å². The quantitative estimate of drug-likeness (QED) is 0.516. The van der Waals surface area contributed by atoms with E-state index >= 15 is 0 Å². The van der Waals surface area contributed by atoms with E-state index < -0.39 is 5.91 Å². The van der Waals surface area contributed by atoms with E-state index in [4.69, 9.17) is 5.73 Å². The van der Waals surface area contributed by atoms with Gasteiger partial charge in [-0.05, 0) is 0 Å². The molecule has 1 aromatic heterocycles. The first-order valence-electron chi connectivity index (χ1n) is 1.97. The lowest BCUT2D eigenvalue weighted by Crippen LogP contribution is -1.94. The maximum absolute atomic E-state index is 10.0. The van der Waals surface area contributed by atoms with E-state index in [1.807, 2.05) is 0 Å². The van der Waals surface area contributed by atoms with E-state index in [1.54, 1.807) is 0 Å². The number of aromatic nitrogens is 1. The van der Waals surface area contributed by atoms with Gasteiger partial charge in [0, 0.05) is 6.07 Å². The molecule has 0 aromatic carbocycles. The first-order valence-corrected chi connectivity index (χ1v) is 1.97. The predicted octanol–water partition coefficient (Wildman–Crippen LogP) is 0.0977. The first-order chi connectivity index (χ1) is 3.80. The van der Waals surface area contributed by atoms with Crippen LogP contribution >= 0.6 is 0 Å². The summed E-state index contributed by atoms with van der Waals surface area (Å²) in [7, 11) is 0. The van der Waals surface area contributed by atoms with Crippen molar-refractivity contribution >= 4 is 5.91 Å². The van der Waals surface area contributed by atoms with Crippen molar-refractivity contribution in [3.05, 3.63) is 18.0 Å². The standard InChI is InChI=1S/C4H3N2O2/c5-4(7)3-1-2-6-8-3/h1-2,5H. The van der Waals surface area contributed by atoms with Crippen molar-refractivity contribution in [2.24, 2.45) is 0 Å². The number of hydrogen-bond acceptors (Lipinski definition) is 3.